The van der Waals surface area contributed by atoms with Crippen LogP contribution in [0.3, 0.4) is 0 Å². The highest BCUT2D eigenvalue weighted by molar-refractivity contribution is 7.89. The van der Waals surface area contributed by atoms with Gasteiger partial charge in [0, 0.05) is 19.5 Å². The average molecular weight is 436 g/mol. The van der Waals surface area contributed by atoms with Crippen LogP contribution >= 0.6 is 11.3 Å². The SMILES string of the molecule is C=CCN(CC=C)S(=O)(=O)c1ccc2nc(NC(=O)CCCCCCC)sc2c1. The van der Waals surface area contributed by atoms with Gasteiger partial charge < -0.3 is 5.32 Å². The van der Waals surface area contributed by atoms with Crippen molar-refractivity contribution in [2.75, 3.05) is 18.4 Å². The molecule has 1 N–H and O–H groups in total. The number of hydrogen-bond acceptors (Lipinski definition) is 5. The molecule has 0 bridgehead atoms. The van der Waals surface area contributed by atoms with E-state index in [0.29, 0.717) is 21.8 Å². The molecule has 0 fully saturated rings. The van der Waals surface area contributed by atoms with Gasteiger partial charge in [0.2, 0.25) is 15.9 Å². The highest BCUT2D eigenvalue weighted by atomic mass is 32.2. The molecule has 29 heavy (non-hydrogen) atoms. The summed E-state index contributed by atoms with van der Waals surface area (Å²) in [5.74, 6) is -0.0588. The van der Waals surface area contributed by atoms with Crippen LogP contribution < -0.4 is 5.32 Å². The standard InChI is InChI=1S/C21H29N3O3S2/c1-4-7-8-9-10-11-20(25)23-21-22-18-13-12-17(16-19(18)28-21)29(26,27)24(14-5-2)15-6-3/h5-6,12-13,16H,2-4,7-11,14-15H2,1H3,(H,22,23,25). The normalized spacial score (nSPS) is 11.7. The van der Waals surface area contributed by atoms with E-state index in [1.807, 2.05) is 0 Å². The number of fused-ring (bicyclic) bond motifs is 1. The molecule has 0 radical (unpaired) electrons. The van der Waals surface area contributed by atoms with Crippen LogP contribution in [0.15, 0.2) is 48.4 Å². The second kappa shape index (κ2) is 11.2. The zero-order valence-electron chi connectivity index (χ0n) is 16.9. The fourth-order valence-electron chi connectivity index (χ4n) is 2.90. The molecule has 0 aliphatic heterocycles. The highest BCUT2D eigenvalue weighted by Crippen LogP contribution is 2.29. The van der Waals surface area contributed by atoms with E-state index in [4.69, 9.17) is 0 Å². The molecule has 158 valence electrons. The van der Waals surface area contributed by atoms with E-state index in [-0.39, 0.29) is 23.9 Å². The van der Waals surface area contributed by atoms with E-state index in [1.54, 1.807) is 24.3 Å². The first kappa shape index (κ1) is 23.3. The molecule has 0 saturated carbocycles. The molecule has 0 aliphatic rings. The number of aromatic nitrogens is 1. The Morgan fingerprint density at radius 2 is 1.86 bits per heavy atom. The molecule has 2 aromatic rings. The summed E-state index contributed by atoms with van der Waals surface area (Å²) < 4.78 is 27.8. The van der Waals surface area contributed by atoms with Crippen LogP contribution in [0.4, 0.5) is 5.13 Å². The van der Waals surface area contributed by atoms with Crippen LogP contribution in [0, 0.1) is 0 Å². The predicted octanol–water partition coefficient (Wildman–Crippen LogP) is 4.96. The number of carbonyl (C=O) groups excluding carboxylic acids is 1. The number of unbranched alkanes of at least 4 members (excludes halogenated alkanes) is 4. The van der Waals surface area contributed by atoms with Crippen molar-refractivity contribution in [1.82, 2.24) is 9.29 Å². The smallest absolute Gasteiger partial charge is 0.243 e. The largest absolute Gasteiger partial charge is 0.302 e. The summed E-state index contributed by atoms with van der Waals surface area (Å²) in [6, 6.07) is 4.80. The molecule has 0 saturated heterocycles. The maximum atomic E-state index is 12.9. The number of rotatable bonds is 13. The quantitative estimate of drug-likeness (QED) is 0.356. The van der Waals surface area contributed by atoms with E-state index in [9.17, 15) is 13.2 Å². The Morgan fingerprint density at radius 3 is 2.52 bits per heavy atom. The minimum absolute atomic E-state index is 0.0588. The summed E-state index contributed by atoms with van der Waals surface area (Å²) in [5.41, 5.74) is 0.659. The predicted molar refractivity (Wildman–Crippen MR) is 121 cm³/mol. The Morgan fingerprint density at radius 1 is 1.17 bits per heavy atom. The van der Waals surface area contributed by atoms with E-state index in [2.05, 4.69) is 30.4 Å². The van der Waals surface area contributed by atoms with Crippen molar-refractivity contribution in [1.29, 1.82) is 0 Å². The van der Waals surface area contributed by atoms with Crippen molar-refractivity contribution in [3.05, 3.63) is 43.5 Å². The molecule has 0 aliphatic carbocycles. The lowest BCUT2D eigenvalue weighted by Gasteiger charge is -2.18. The summed E-state index contributed by atoms with van der Waals surface area (Å²) >= 11 is 1.28. The Balaban J connectivity index is 2.10. The van der Waals surface area contributed by atoms with Gasteiger partial charge in [-0.05, 0) is 24.6 Å². The lowest BCUT2D eigenvalue weighted by atomic mass is 10.1. The van der Waals surface area contributed by atoms with E-state index in [1.165, 1.54) is 34.6 Å². The zero-order valence-corrected chi connectivity index (χ0v) is 18.5. The Kier molecular flexibility index (Phi) is 9.00. The van der Waals surface area contributed by atoms with Gasteiger partial charge in [0.25, 0.3) is 0 Å². The summed E-state index contributed by atoms with van der Waals surface area (Å²) in [5, 5.41) is 3.31. The topological polar surface area (TPSA) is 79.4 Å². The average Bonchev–Trinajstić information content (AvgIpc) is 3.08. The van der Waals surface area contributed by atoms with Crippen molar-refractivity contribution in [3.8, 4) is 0 Å². The first-order chi connectivity index (χ1) is 13.9. The first-order valence-corrected chi connectivity index (χ1v) is 12.1. The lowest BCUT2D eigenvalue weighted by molar-refractivity contribution is -0.116. The van der Waals surface area contributed by atoms with Gasteiger partial charge in [0.15, 0.2) is 5.13 Å². The molecule has 0 spiro atoms. The van der Waals surface area contributed by atoms with Crippen LogP contribution in [0.2, 0.25) is 0 Å². The highest BCUT2D eigenvalue weighted by Gasteiger charge is 2.23. The van der Waals surface area contributed by atoms with Crippen LogP contribution in [-0.4, -0.2) is 36.7 Å². The Hall–Kier alpha value is -2.03. The molecular weight excluding hydrogens is 406 g/mol. The van der Waals surface area contributed by atoms with Gasteiger partial charge in [-0.1, -0.05) is 56.1 Å². The molecule has 0 unspecified atom stereocenters. The van der Waals surface area contributed by atoms with Crippen LogP contribution in [0.25, 0.3) is 10.2 Å². The molecule has 6 nitrogen and oxygen atoms in total. The number of thiazole rings is 1. The van der Waals surface area contributed by atoms with Gasteiger partial charge in [-0.15, -0.1) is 13.2 Å². The number of nitrogens with zero attached hydrogens (tertiary/aromatic N) is 2. The van der Waals surface area contributed by atoms with Gasteiger partial charge in [0.05, 0.1) is 15.1 Å². The number of anilines is 1. The number of sulfonamides is 1. The van der Waals surface area contributed by atoms with E-state index < -0.39 is 10.0 Å². The molecule has 1 aromatic carbocycles. The molecule has 1 amide bonds. The third kappa shape index (κ3) is 6.48. The van der Waals surface area contributed by atoms with Crippen molar-refractivity contribution >= 4 is 42.6 Å². The van der Waals surface area contributed by atoms with Gasteiger partial charge in [0.1, 0.15) is 0 Å². The molecule has 1 heterocycles. The van der Waals surface area contributed by atoms with Crippen LogP contribution in [-0.2, 0) is 14.8 Å². The summed E-state index contributed by atoms with van der Waals surface area (Å²) in [4.78, 5) is 16.7. The second-order valence-corrected chi connectivity index (χ2v) is 9.73. The van der Waals surface area contributed by atoms with E-state index in [0.717, 1.165) is 19.3 Å². The molecule has 2 rings (SSSR count). The number of amides is 1. The minimum atomic E-state index is -3.67. The summed E-state index contributed by atoms with van der Waals surface area (Å²) in [6.07, 6.45) is 8.99. The third-order valence-electron chi connectivity index (χ3n) is 4.42. The minimum Gasteiger partial charge on any atom is -0.302 e. The number of hydrogen-bond donors (Lipinski definition) is 1. The van der Waals surface area contributed by atoms with Crippen molar-refractivity contribution in [2.24, 2.45) is 0 Å². The van der Waals surface area contributed by atoms with Crippen LogP contribution in [0.1, 0.15) is 45.4 Å². The maximum absolute atomic E-state index is 12.9. The zero-order chi connectivity index (χ0) is 21.3. The van der Waals surface area contributed by atoms with E-state index >= 15 is 0 Å². The summed E-state index contributed by atoms with van der Waals surface area (Å²) in [6.45, 7) is 9.80. The monoisotopic (exact) mass is 435 g/mol. The van der Waals surface area contributed by atoms with Gasteiger partial charge in [-0.25, -0.2) is 13.4 Å². The van der Waals surface area contributed by atoms with Gasteiger partial charge in [-0.3, -0.25) is 4.79 Å². The second-order valence-electron chi connectivity index (χ2n) is 6.76. The first-order valence-electron chi connectivity index (χ1n) is 9.84. The molecule has 8 heteroatoms. The van der Waals surface area contributed by atoms with Gasteiger partial charge in [-0.2, -0.15) is 4.31 Å². The van der Waals surface area contributed by atoms with Gasteiger partial charge >= 0.3 is 0 Å². The molecular formula is C21H29N3O3S2. The lowest BCUT2D eigenvalue weighted by Crippen LogP contribution is -2.31. The fourth-order valence-corrected chi connectivity index (χ4v) is 5.30. The van der Waals surface area contributed by atoms with Crippen molar-refractivity contribution < 1.29 is 13.2 Å². The molecule has 0 atom stereocenters. The number of carbonyl (C=O) groups is 1. The maximum Gasteiger partial charge on any atom is 0.243 e. The van der Waals surface area contributed by atoms with Crippen LogP contribution in [0.5, 0.6) is 0 Å². The fraction of sp³-hybridized carbons (Fsp3) is 0.429. The Bertz CT molecular complexity index is 941. The van der Waals surface area contributed by atoms with Crippen molar-refractivity contribution in [3.63, 3.8) is 0 Å². The van der Waals surface area contributed by atoms with Crippen molar-refractivity contribution in [2.45, 2.75) is 50.3 Å². The number of benzene rings is 1. The summed E-state index contributed by atoms with van der Waals surface area (Å²) in [7, 11) is -3.67. The Labute approximate surface area is 177 Å². The number of nitrogens with one attached hydrogen (secondary N) is 1. The third-order valence-corrected chi connectivity index (χ3v) is 7.18. The molecule has 1 aromatic heterocycles.